The van der Waals surface area contributed by atoms with Gasteiger partial charge in [-0.05, 0) is 42.8 Å². The quantitative estimate of drug-likeness (QED) is 0.169. The van der Waals surface area contributed by atoms with Gasteiger partial charge in [-0.2, -0.15) is 5.10 Å². The van der Waals surface area contributed by atoms with Gasteiger partial charge >= 0.3 is 5.69 Å². The minimum atomic E-state index is -0.742. The Morgan fingerprint density at radius 2 is 1.74 bits per heavy atom. The molecule has 0 saturated heterocycles. The summed E-state index contributed by atoms with van der Waals surface area (Å²) in [5, 5.41) is 27.3. The highest BCUT2D eigenvalue weighted by atomic mass is 35.5. The first-order chi connectivity index (χ1) is 16.7. The molecule has 0 spiro atoms. The Balaban J connectivity index is 1.81. The summed E-state index contributed by atoms with van der Waals surface area (Å²) < 4.78 is 11.5. The lowest BCUT2D eigenvalue weighted by Crippen LogP contribution is -2.02. The Bertz CT molecular complexity index is 1300. The molecule has 0 amide bonds. The van der Waals surface area contributed by atoms with Crippen LogP contribution in [-0.2, 0) is 6.61 Å². The van der Waals surface area contributed by atoms with E-state index in [4.69, 9.17) is 44.3 Å². The molecule has 0 bridgehead atoms. The number of hydrazone groups is 1. The zero-order valence-electron chi connectivity index (χ0n) is 18.0. The molecular weight excluding hydrogens is 523 g/mol. The molecule has 3 aromatic rings. The number of hydrogen-bond acceptors (Lipinski definition) is 8. The third-order valence-electron chi connectivity index (χ3n) is 4.51. The summed E-state index contributed by atoms with van der Waals surface area (Å²) in [6, 6.07) is 11.4. The molecule has 182 valence electrons. The first kappa shape index (κ1) is 26.0. The number of halogens is 3. The predicted octanol–water partition coefficient (Wildman–Crippen LogP) is 6.89. The van der Waals surface area contributed by atoms with Crippen molar-refractivity contribution in [3.63, 3.8) is 0 Å². The maximum atomic E-state index is 11.3. The number of nitro benzene ring substituents is 2. The summed E-state index contributed by atoms with van der Waals surface area (Å²) >= 11 is 18.5. The summed E-state index contributed by atoms with van der Waals surface area (Å²) in [4.78, 5) is 20.7. The molecule has 0 aliphatic heterocycles. The van der Waals surface area contributed by atoms with Crippen molar-refractivity contribution in [2.24, 2.45) is 5.10 Å². The summed E-state index contributed by atoms with van der Waals surface area (Å²) in [5.41, 5.74) is 2.81. The van der Waals surface area contributed by atoms with E-state index in [9.17, 15) is 20.2 Å². The van der Waals surface area contributed by atoms with Crippen molar-refractivity contribution in [2.75, 3.05) is 12.0 Å². The molecular formula is C22H17Cl3N4O6. The average molecular weight is 540 g/mol. The van der Waals surface area contributed by atoms with Crippen LogP contribution in [0.1, 0.15) is 18.1 Å². The van der Waals surface area contributed by atoms with E-state index in [1.165, 1.54) is 12.3 Å². The maximum Gasteiger partial charge on any atom is 0.301 e. The molecule has 0 heterocycles. The van der Waals surface area contributed by atoms with E-state index >= 15 is 0 Å². The van der Waals surface area contributed by atoms with Crippen molar-refractivity contribution in [1.29, 1.82) is 0 Å². The molecule has 0 saturated carbocycles. The summed E-state index contributed by atoms with van der Waals surface area (Å²) in [7, 11) is 0. The van der Waals surface area contributed by atoms with Gasteiger partial charge in [-0.25, -0.2) is 0 Å². The lowest BCUT2D eigenvalue weighted by molar-refractivity contribution is -0.393. The first-order valence-electron chi connectivity index (χ1n) is 9.94. The van der Waals surface area contributed by atoms with Gasteiger partial charge in [0.15, 0.2) is 11.5 Å². The topological polar surface area (TPSA) is 129 Å². The second kappa shape index (κ2) is 11.7. The van der Waals surface area contributed by atoms with Gasteiger partial charge in [0.2, 0.25) is 0 Å². The zero-order chi connectivity index (χ0) is 25.5. The fourth-order valence-corrected chi connectivity index (χ4v) is 3.65. The SMILES string of the molecule is CCOc1cc(/C=N/Nc2ccc([N+](=O)[O-])cc2[N+](=O)[O-])cc(Cl)c1OCc1ccc(Cl)cc1Cl. The number of non-ortho nitro benzene ring substituents is 1. The van der Waals surface area contributed by atoms with Crippen LogP contribution in [0.3, 0.4) is 0 Å². The molecule has 0 unspecified atom stereocenters. The number of anilines is 1. The number of rotatable bonds is 10. The molecule has 0 aliphatic rings. The zero-order valence-corrected chi connectivity index (χ0v) is 20.3. The van der Waals surface area contributed by atoms with E-state index < -0.39 is 21.2 Å². The third-order valence-corrected chi connectivity index (χ3v) is 5.37. The number of benzene rings is 3. The smallest absolute Gasteiger partial charge is 0.301 e. The van der Waals surface area contributed by atoms with Gasteiger partial charge in [0.1, 0.15) is 12.3 Å². The predicted molar refractivity (Wildman–Crippen MR) is 134 cm³/mol. The Hall–Kier alpha value is -3.60. The van der Waals surface area contributed by atoms with Crippen LogP contribution >= 0.6 is 34.8 Å². The van der Waals surface area contributed by atoms with E-state index in [-0.39, 0.29) is 17.3 Å². The normalized spacial score (nSPS) is 10.9. The Labute approximate surface area is 214 Å². The van der Waals surface area contributed by atoms with Crippen molar-refractivity contribution < 1.29 is 19.3 Å². The molecule has 3 rings (SSSR count). The minimum absolute atomic E-state index is 0.0206. The van der Waals surface area contributed by atoms with Crippen LogP contribution in [0.15, 0.2) is 53.6 Å². The molecule has 0 aromatic heterocycles. The fraction of sp³-hybridized carbons (Fsp3) is 0.136. The molecule has 3 aromatic carbocycles. The van der Waals surface area contributed by atoms with E-state index in [1.807, 2.05) is 0 Å². The van der Waals surface area contributed by atoms with E-state index in [2.05, 4.69) is 10.5 Å². The van der Waals surface area contributed by atoms with Gasteiger partial charge < -0.3 is 9.47 Å². The number of nitrogens with one attached hydrogen (secondary N) is 1. The second-order valence-corrected chi connectivity index (χ2v) is 8.12. The molecule has 1 N–H and O–H groups in total. The van der Waals surface area contributed by atoms with Crippen LogP contribution in [0.5, 0.6) is 11.5 Å². The number of nitrogens with zero attached hydrogens (tertiary/aromatic N) is 3. The molecule has 0 aliphatic carbocycles. The Morgan fingerprint density at radius 3 is 2.40 bits per heavy atom. The van der Waals surface area contributed by atoms with Crippen molar-refractivity contribution in [3.8, 4) is 11.5 Å². The Morgan fingerprint density at radius 1 is 0.971 bits per heavy atom. The van der Waals surface area contributed by atoms with E-state index in [0.717, 1.165) is 12.1 Å². The number of ether oxygens (including phenoxy) is 2. The summed E-state index contributed by atoms with van der Waals surface area (Å²) in [6.07, 6.45) is 1.36. The van der Waals surface area contributed by atoms with Gasteiger partial charge in [0.05, 0.1) is 33.8 Å². The lowest BCUT2D eigenvalue weighted by atomic mass is 10.2. The molecule has 0 fully saturated rings. The standard InChI is InChI=1S/C22H17Cl3N4O6/c1-2-34-21-8-13(7-18(25)22(21)35-12-14-3-4-15(23)9-17(14)24)11-26-27-19-6-5-16(28(30)31)10-20(19)29(32)33/h3-11,27H,2,12H2,1H3/b26-11+. The maximum absolute atomic E-state index is 11.3. The van der Waals surface area contributed by atoms with Crippen molar-refractivity contribution in [2.45, 2.75) is 13.5 Å². The monoisotopic (exact) mass is 538 g/mol. The Kier molecular flexibility index (Phi) is 8.69. The lowest BCUT2D eigenvalue weighted by Gasteiger charge is -2.15. The molecule has 13 heteroatoms. The van der Waals surface area contributed by atoms with Crippen LogP contribution in [0, 0.1) is 20.2 Å². The number of nitro groups is 2. The van der Waals surface area contributed by atoms with Gasteiger partial charge in [-0.1, -0.05) is 40.9 Å². The van der Waals surface area contributed by atoms with Crippen LogP contribution < -0.4 is 14.9 Å². The minimum Gasteiger partial charge on any atom is -0.490 e. The van der Waals surface area contributed by atoms with Crippen molar-refractivity contribution in [1.82, 2.24) is 0 Å². The first-order valence-corrected chi connectivity index (χ1v) is 11.1. The van der Waals surface area contributed by atoms with Gasteiger partial charge in [-0.15, -0.1) is 0 Å². The van der Waals surface area contributed by atoms with Crippen LogP contribution in [0.25, 0.3) is 0 Å². The number of hydrogen-bond donors (Lipinski definition) is 1. The van der Waals surface area contributed by atoms with Gasteiger partial charge in [-0.3, -0.25) is 25.7 Å². The van der Waals surface area contributed by atoms with Crippen molar-refractivity contribution in [3.05, 3.63) is 95.0 Å². The largest absolute Gasteiger partial charge is 0.490 e. The van der Waals surface area contributed by atoms with Gasteiger partial charge in [0, 0.05) is 21.7 Å². The van der Waals surface area contributed by atoms with Crippen LogP contribution in [0.2, 0.25) is 15.1 Å². The molecule has 0 atom stereocenters. The van der Waals surface area contributed by atoms with Crippen LogP contribution in [-0.4, -0.2) is 22.7 Å². The average Bonchev–Trinajstić information content (AvgIpc) is 2.79. The third kappa shape index (κ3) is 6.72. The van der Waals surface area contributed by atoms with Crippen LogP contribution in [0.4, 0.5) is 17.1 Å². The molecule has 35 heavy (non-hydrogen) atoms. The molecule has 0 radical (unpaired) electrons. The second-order valence-electron chi connectivity index (χ2n) is 6.87. The summed E-state index contributed by atoms with van der Waals surface area (Å²) in [6.45, 7) is 2.25. The highest BCUT2D eigenvalue weighted by molar-refractivity contribution is 6.35. The summed E-state index contributed by atoms with van der Waals surface area (Å²) in [5.74, 6) is 0.656. The molecule has 10 nitrogen and oxygen atoms in total. The highest BCUT2D eigenvalue weighted by Gasteiger charge is 2.19. The fourth-order valence-electron chi connectivity index (χ4n) is 2.91. The van der Waals surface area contributed by atoms with E-state index in [1.54, 1.807) is 37.3 Å². The van der Waals surface area contributed by atoms with Crippen molar-refractivity contribution >= 4 is 58.1 Å². The highest BCUT2D eigenvalue weighted by Crippen LogP contribution is 2.37. The van der Waals surface area contributed by atoms with E-state index in [0.29, 0.717) is 39.3 Å². The van der Waals surface area contributed by atoms with Gasteiger partial charge in [0.25, 0.3) is 5.69 Å².